The number of hydrogen-bond acceptors (Lipinski definition) is 1. The number of fused-ring (bicyclic) bond motifs is 7. The highest BCUT2D eigenvalue weighted by Crippen LogP contribution is 2.60. The fourth-order valence-corrected chi connectivity index (χ4v) is 6.10. The number of aliphatic carboxylic acids is 1. The second-order valence-corrected chi connectivity index (χ2v) is 8.92. The van der Waals surface area contributed by atoms with Crippen LogP contribution >= 0.6 is 0 Å². The second kappa shape index (κ2) is 6.66. The summed E-state index contributed by atoms with van der Waals surface area (Å²) in [7, 11) is 0. The highest BCUT2D eigenvalue weighted by Gasteiger charge is 2.38. The Labute approximate surface area is 191 Å². The van der Waals surface area contributed by atoms with E-state index in [1.54, 1.807) is 0 Å². The lowest BCUT2D eigenvalue weighted by Gasteiger charge is -2.20. The van der Waals surface area contributed by atoms with E-state index in [0.717, 1.165) is 11.1 Å². The normalized spacial score (nSPS) is 14.7. The van der Waals surface area contributed by atoms with Crippen LogP contribution < -0.4 is 0 Å². The molecular weight excluding hydrogens is 404 g/mol. The van der Waals surface area contributed by atoms with E-state index >= 15 is 0 Å². The predicted molar refractivity (Wildman–Crippen MR) is 133 cm³/mol. The third-order valence-corrected chi connectivity index (χ3v) is 7.25. The summed E-state index contributed by atoms with van der Waals surface area (Å²) in [4.78, 5) is 12.1. The Morgan fingerprint density at radius 2 is 1.30 bits per heavy atom. The fraction of sp³-hybridized carbons (Fsp3) is 0.0645. The van der Waals surface area contributed by atoms with Crippen LogP contribution in [0.3, 0.4) is 0 Å². The topological polar surface area (TPSA) is 37.3 Å². The lowest BCUT2D eigenvalue weighted by molar-refractivity contribution is -0.137. The van der Waals surface area contributed by atoms with Crippen molar-refractivity contribution in [1.82, 2.24) is 0 Å². The summed E-state index contributed by atoms with van der Waals surface area (Å²) in [5.41, 5.74) is 11.9. The lowest BCUT2D eigenvalue weighted by atomic mass is 9.82. The molecule has 1 N–H and O–H groups in total. The van der Waals surface area contributed by atoms with Crippen LogP contribution in [-0.2, 0) is 4.79 Å². The molecule has 0 fully saturated rings. The summed E-state index contributed by atoms with van der Waals surface area (Å²) in [6, 6.07) is 34.0. The molecule has 1 atom stereocenters. The summed E-state index contributed by atoms with van der Waals surface area (Å²) >= 11 is 0. The zero-order valence-corrected chi connectivity index (χ0v) is 17.9. The van der Waals surface area contributed by atoms with Gasteiger partial charge in [-0.2, -0.15) is 0 Å². The van der Waals surface area contributed by atoms with Crippen molar-refractivity contribution in [3.8, 4) is 44.5 Å². The molecule has 0 saturated heterocycles. The van der Waals surface area contributed by atoms with E-state index in [0.29, 0.717) is 0 Å². The lowest BCUT2D eigenvalue weighted by Crippen LogP contribution is -2.06. The van der Waals surface area contributed by atoms with E-state index in [9.17, 15) is 9.90 Å². The molecule has 0 spiro atoms. The standard InChI is InChI=1S/C31H20O2/c32-26(33)17-25-20-12-5-7-14-23(20)29-27(18-9-2-1-3-10-18)24-16-8-15-21-19-11-4-6-13-22(19)30(28(21)24)31(25)29/h1-16,25H,17H2,(H,32,33). The molecule has 0 heterocycles. The van der Waals surface area contributed by atoms with Crippen molar-refractivity contribution in [3.63, 3.8) is 0 Å². The molecule has 5 aromatic carbocycles. The molecule has 0 aliphatic heterocycles. The van der Waals surface area contributed by atoms with Crippen molar-refractivity contribution in [2.45, 2.75) is 12.3 Å². The largest absolute Gasteiger partial charge is 0.481 e. The van der Waals surface area contributed by atoms with E-state index in [4.69, 9.17) is 0 Å². The molecule has 1 unspecified atom stereocenters. The first-order chi connectivity index (χ1) is 16.2. The molecule has 2 aliphatic carbocycles. The van der Waals surface area contributed by atoms with Crippen molar-refractivity contribution in [2.24, 2.45) is 0 Å². The van der Waals surface area contributed by atoms with Gasteiger partial charge < -0.3 is 5.11 Å². The number of carboxylic acids is 1. The highest BCUT2D eigenvalue weighted by molar-refractivity contribution is 6.23. The molecule has 33 heavy (non-hydrogen) atoms. The summed E-state index contributed by atoms with van der Waals surface area (Å²) in [5.74, 6) is -0.939. The van der Waals surface area contributed by atoms with E-state index in [-0.39, 0.29) is 12.3 Å². The number of carboxylic acid groups (broad SMARTS) is 1. The van der Waals surface area contributed by atoms with E-state index in [1.807, 2.05) is 12.1 Å². The third-order valence-electron chi connectivity index (χ3n) is 7.25. The van der Waals surface area contributed by atoms with Crippen LogP contribution in [0.1, 0.15) is 23.5 Å². The van der Waals surface area contributed by atoms with E-state index in [1.165, 1.54) is 55.3 Å². The molecule has 0 radical (unpaired) electrons. The summed E-state index contributed by atoms with van der Waals surface area (Å²) in [6.07, 6.45) is 0.0844. The second-order valence-electron chi connectivity index (χ2n) is 8.92. The molecule has 156 valence electrons. The molecule has 7 rings (SSSR count). The maximum Gasteiger partial charge on any atom is 0.304 e. The minimum absolute atomic E-state index is 0.0844. The number of hydrogen-bond donors (Lipinski definition) is 1. The fourth-order valence-electron chi connectivity index (χ4n) is 6.10. The Hall–Kier alpha value is -4.17. The van der Waals surface area contributed by atoms with Crippen molar-refractivity contribution in [1.29, 1.82) is 0 Å². The van der Waals surface area contributed by atoms with Gasteiger partial charge in [-0.3, -0.25) is 4.79 Å². The molecule has 0 amide bonds. The minimum atomic E-state index is -0.768. The van der Waals surface area contributed by atoms with Gasteiger partial charge in [0.1, 0.15) is 0 Å². The van der Waals surface area contributed by atoms with Crippen molar-refractivity contribution in [2.75, 3.05) is 0 Å². The van der Waals surface area contributed by atoms with Crippen molar-refractivity contribution in [3.05, 3.63) is 108 Å². The molecule has 0 aromatic heterocycles. The van der Waals surface area contributed by atoms with E-state index < -0.39 is 5.97 Å². The van der Waals surface area contributed by atoms with Gasteiger partial charge in [0.05, 0.1) is 6.42 Å². The van der Waals surface area contributed by atoms with Gasteiger partial charge >= 0.3 is 5.97 Å². The monoisotopic (exact) mass is 424 g/mol. The molecule has 5 aromatic rings. The van der Waals surface area contributed by atoms with Crippen molar-refractivity contribution < 1.29 is 9.90 Å². The first-order valence-electron chi connectivity index (χ1n) is 11.3. The maximum atomic E-state index is 12.1. The Morgan fingerprint density at radius 3 is 2.09 bits per heavy atom. The van der Waals surface area contributed by atoms with Crippen LogP contribution in [0.15, 0.2) is 97.1 Å². The smallest absolute Gasteiger partial charge is 0.304 e. The number of rotatable bonds is 3. The predicted octanol–water partition coefficient (Wildman–Crippen LogP) is 7.74. The quantitative estimate of drug-likeness (QED) is 0.315. The Morgan fingerprint density at radius 1 is 0.636 bits per heavy atom. The van der Waals surface area contributed by atoms with Gasteiger partial charge in [0, 0.05) is 5.92 Å². The Bertz CT molecular complexity index is 1610. The number of carbonyl (C=O) groups is 1. The van der Waals surface area contributed by atoms with E-state index in [2.05, 4.69) is 84.9 Å². The van der Waals surface area contributed by atoms with Crippen LogP contribution in [-0.4, -0.2) is 11.1 Å². The van der Waals surface area contributed by atoms with Gasteiger partial charge in [0.25, 0.3) is 0 Å². The Balaban J connectivity index is 1.73. The number of benzene rings is 5. The van der Waals surface area contributed by atoms with Crippen LogP contribution in [0.25, 0.3) is 55.3 Å². The molecular formula is C31H20O2. The van der Waals surface area contributed by atoms with Gasteiger partial charge in [0.15, 0.2) is 0 Å². The SMILES string of the molecule is O=C(O)CC1c2ccccc2-c2c1c1c3c(cccc3c2-c2ccccc2)-c2ccccc2-1. The molecule has 0 bridgehead atoms. The van der Waals surface area contributed by atoms with Crippen LogP contribution in [0.4, 0.5) is 0 Å². The molecule has 0 saturated carbocycles. The minimum Gasteiger partial charge on any atom is -0.481 e. The zero-order chi connectivity index (χ0) is 22.1. The van der Waals surface area contributed by atoms with Crippen molar-refractivity contribution >= 4 is 16.7 Å². The first-order valence-corrected chi connectivity index (χ1v) is 11.3. The maximum absolute atomic E-state index is 12.1. The van der Waals surface area contributed by atoms with Gasteiger partial charge in [-0.05, 0) is 66.4 Å². The first kappa shape index (κ1) is 18.4. The van der Waals surface area contributed by atoms with Crippen LogP contribution in [0.2, 0.25) is 0 Å². The molecule has 2 aliphatic rings. The zero-order valence-electron chi connectivity index (χ0n) is 17.9. The summed E-state index contributed by atoms with van der Waals surface area (Å²) in [5, 5.41) is 12.4. The summed E-state index contributed by atoms with van der Waals surface area (Å²) in [6.45, 7) is 0. The van der Waals surface area contributed by atoms with Crippen LogP contribution in [0, 0.1) is 0 Å². The molecule has 2 nitrogen and oxygen atoms in total. The average Bonchev–Trinajstić information content (AvgIpc) is 3.34. The summed E-state index contributed by atoms with van der Waals surface area (Å²) < 4.78 is 0. The van der Waals surface area contributed by atoms with Gasteiger partial charge in [-0.25, -0.2) is 0 Å². The average molecular weight is 424 g/mol. The molecule has 2 heteroatoms. The van der Waals surface area contributed by atoms with Crippen LogP contribution in [0.5, 0.6) is 0 Å². The van der Waals surface area contributed by atoms with Gasteiger partial charge in [0.2, 0.25) is 0 Å². The Kier molecular flexibility index (Phi) is 3.72. The highest BCUT2D eigenvalue weighted by atomic mass is 16.4. The van der Waals surface area contributed by atoms with Gasteiger partial charge in [-0.15, -0.1) is 0 Å². The van der Waals surface area contributed by atoms with Gasteiger partial charge in [-0.1, -0.05) is 97.1 Å². The third kappa shape index (κ3) is 2.41.